The number of aryl methyl sites for hydroxylation is 1. The number of ether oxygens (including phenoxy) is 3. The van der Waals surface area contributed by atoms with E-state index in [0.29, 0.717) is 46.3 Å². The van der Waals surface area contributed by atoms with Crippen LogP contribution >= 0.6 is 11.6 Å². The van der Waals surface area contributed by atoms with Crippen LogP contribution in [-0.2, 0) is 21.7 Å². The first kappa shape index (κ1) is 44.9. The van der Waals surface area contributed by atoms with Gasteiger partial charge in [-0.3, -0.25) is 14.4 Å². The molecule has 1 unspecified atom stereocenters. The average Bonchev–Trinajstić information content (AvgIpc) is 4.02. The van der Waals surface area contributed by atoms with E-state index in [4.69, 9.17) is 25.8 Å². The number of carbonyl (C=O) groups is 3. The van der Waals surface area contributed by atoms with Crippen LogP contribution in [0, 0.1) is 6.92 Å². The molecule has 4 aromatic carbocycles. The van der Waals surface area contributed by atoms with E-state index in [9.17, 15) is 32.7 Å². The number of aromatic nitrogens is 3. The lowest BCUT2D eigenvalue weighted by Gasteiger charge is -2.32. The number of aliphatic hydroxyl groups is 1. The highest BCUT2D eigenvalue weighted by molar-refractivity contribution is 6.39. The topological polar surface area (TPSA) is 189 Å². The van der Waals surface area contributed by atoms with E-state index in [-0.39, 0.29) is 37.1 Å². The van der Waals surface area contributed by atoms with Gasteiger partial charge >= 0.3 is 24.0 Å². The fourth-order valence-electron chi connectivity index (χ4n) is 6.30. The molecule has 1 aliphatic rings. The average molecular weight is 877 g/mol. The van der Waals surface area contributed by atoms with Gasteiger partial charge in [0.2, 0.25) is 11.9 Å². The van der Waals surface area contributed by atoms with Crippen LogP contribution in [0.15, 0.2) is 91.0 Å². The number of amides is 3. The number of hydrogen-bond acceptors (Lipinski definition) is 12. The summed E-state index contributed by atoms with van der Waals surface area (Å²) >= 11 is 6.06. The molecule has 326 valence electrons. The normalized spacial score (nSPS) is 13.8. The maximum atomic E-state index is 13.7. The lowest BCUT2D eigenvalue weighted by Crippen LogP contribution is -2.52. The molecule has 1 aromatic heterocycles. The Kier molecular flexibility index (Phi) is 13.7. The van der Waals surface area contributed by atoms with E-state index < -0.39 is 47.7 Å². The fraction of sp³-hybridized carbons (Fsp3) is 0.302. The molecule has 1 heterocycles. The van der Waals surface area contributed by atoms with Crippen LogP contribution in [0.3, 0.4) is 0 Å². The van der Waals surface area contributed by atoms with Crippen LogP contribution in [-0.4, -0.2) is 88.4 Å². The van der Waals surface area contributed by atoms with Crippen LogP contribution in [0.5, 0.6) is 17.5 Å². The lowest BCUT2D eigenvalue weighted by atomic mass is 10.0. The van der Waals surface area contributed by atoms with Crippen molar-refractivity contribution in [1.29, 1.82) is 0 Å². The molecule has 15 nitrogen and oxygen atoms in total. The summed E-state index contributed by atoms with van der Waals surface area (Å²) in [6.07, 6.45) is -3.22. The first-order valence-corrected chi connectivity index (χ1v) is 19.6. The zero-order valence-corrected chi connectivity index (χ0v) is 34.9. The molecule has 3 amide bonds. The van der Waals surface area contributed by atoms with E-state index in [0.717, 1.165) is 16.0 Å². The SMILES string of the molecule is COc1ccc(CN(CC(C)(O)CNC(=O)c2ccc(Nc3nc(NC4(c5ccc(Cl)cc5)CC4)nc(OCC(F)(F)F)n3)cc2)C(=O)C(=O)Nc2ccc(C)cc2)c(OC)c1. The highest BCUT2D eigenvalue weighted by atomic mass is 35.5. The Balaban J connectivity index is 1.12. The van der Waals surface area contributed by atoms with Gasteiger partial charge in [-0.2, -0.15) is 28.1 Å². The molecular weight excluding hydrogens is 833 g/mol. The van der Waals surface area contributed by atoms with Gasteiger partial charge in [-0.05, 0) is 92.9 Å². The predicted molar refractivity (Wildman–Crippen MR) is 225 cm³/mol. The largest absolute Gasteiger partial charge is 0.497 e. The van der Waals surface area contributed by atoms with Crippen molar-refractivity contribution in [3.63, 3.8) is 0 Å². The zero-order chi connectivity index (χ0) is 44.7. The third-order valence-electron chi connectivity index (χ3n) is 9.69. The second-order valence-corrected chi connectivity index (χ2v) is 15.4. The standard InChI is InChI=1S/C43H44ClF3N8O7/c1-26-5-14-31(15-6-26)49-36(57)37(58)55(22-28-9-18-33(60-3)21-34(28)61-4)24-41(2,59)23-48-35(56)27-7-16-32(17-8-27)50-38-51-39(53-40(52-38)62-25-43(45,46)47)54-42(19-20-42)29-10-12-30(44)13-11-29/h5-18,21,59H,19-20,22-25H2,1-4H3,(H,48,56)(H,49,57)(H2,50,51,52,53,54). The van der Waals surface area contributed by atoms with Crippen LogP contribution in [0.2, 0.25) is 5.02 Å². The first-order valence-electron chi connectivity index (χ1n) is 19.2. The van der Waals surface area contributed by atoms with Crippen molar-refractivity contribution in [3.8, 4) is 17.5 Å². The second-order valence-electron chi connectivity index (χ2n) is 14.9. The molecule has 0 bridgehead atoms. The molecule has 6 rings (SSSR count). The summed E-state index contributed by atoms with van der Waals surface area (Å²) in [4.78, 5) is 53.8. The Morgan fingerprint density at radius 1 is 0.871 bits per heavy atom. The number of halogens is 4. The van der Waals surface area contributed by atoms with Gasteiger partial charge in [0.05, 0.1) is 31.9 Å². The predicted octanol–water partition coefficient (Wildman–Crippen LogP) is 6.78. The molecule has 19 heteroatoms. The van der Waals surface area contributed by atoms with Crippen molar-refractivity contribution in [2.75, 3.05) is 49.9 Å². The summed E-state index contributed by atoms with van der Waals surface area (Å²) < 4.78 is 54.8. The Morgan fingerprint density at radius 3 is 2.16 bits per heavy atom. The van der Waals surface area contributed by atoms with E-state index in [2.05, 4.69) is 36.2 Å². The Hall–Kier alpha value is -6.66. The van der Waals surface area contributed by atoms with Crippen molar-refractivity contribution < 1.29 is 46.9 Å². The van der Waals surface area contributed by atoms with Gasteiger partial charge in [0.15, 0.2) is 6.61 Å². The second kappa shape index (κ2) is 18.9. The number of rotatable bonds is 17. The smallest absolute Gasteiger partial charge is 0.422 e. The molecule has 5 N–H and O–H groups in total. The lowest BCUT2D eigenvalue weighted by molar-refractivity contribution is -0.154. The molecule has 0 radical (unpaired) electrons. The third kappa shape index (κ3) is 12.2. The van der Waals surface area contributed by atoms with Crippen molar-refractivity contribution in [2.24, 2.45) is 0 Å². The molecule has 0 aliphatic heterocycles. The van der Waals surface area contributed by atoms with Crippen LogP contribution in [0.4, 0.5) is 36.4 Å². The van der Waals surface area contributed by atoms with Crippen LogP contribution in [0.25, 0.3) is 0 Å². The first-order chi connectivity index (χ1) is 29.4. The van der Waals surface area contributed by atoms with E-state index >= 15 is 0 Å². The highest BCUT2D eigenvalue weighted by Crippen LogP contribution is 2.48. The highest BCUT2D eigenvalue weighted by Gasteiger charge is 2.45. The molecular formula is C43H44ClF3N8O7. The van der Waals surface area contributed by atoms with Gasteiger partial charge in [0.25, 0.3) is 5.91 Å². The van der Waals surface area contributed by atoms with Gasteiger partial charge in [-0.25, -0.2) is 0 Å². The number of hydrogen-bond donors (Lipinski definition) is 5. The van der Waals surface area contributed by atoms with Crippen molar-refractivity contribution in [1.82, 2.24) is 25.2 Å². The summed E-state index contributed by atoms with van der Waals surface area (Å²) in [6.45, 7) is 0.843. The number of alkyl halides is 3. The van der Waals surface area contributed by atoms with Crippen LogP contribution in [0.1, 0.15) is 46.8 Å². The number of nitrogens with one attached hydrogen (secondary N) is 4. The fourth-order valence-corrected chi connectivity index (χ4v) is 6.43. The molecule has 0 spiro atoms. The van der Waals surface area contributed by atoms with Gasteiger partial charge in [-0.1, -0.05) is 41.4 Å². The number of nitrogens with zero attached hydrogens (tertiary/aromatic N) is 4. The van der Waals surface area contributed by atoms with Crippen LogP contribution < -0.4 is 35.5 Å². The number of carbonyl (C=O) groups excluding carboxylic acids is 3. The van der Waals surface area contributed by atoms with Gasteiger partial charge < -0.3 is 45.5 Å². The third-order valence-corrected chi connectivity index (χ3v) is 9.94. The van der Waals surface area contributed by atoms with E-state index in [1.165, 1.54) is 45.4 Å². The molecule has 5 aromatic rings. The van der Waals surface area contributed by atoms with Crippen molar-refractivity contribution in [3.05, 3.63) is 118 Å². The summed E-state index contributed by atoms with van der Waals surface area (Å²) in [7, 11) is 2.94. The Labute approximate surface area is 360 Å². The molecule has 0 saturated heterocycles. The minimum atomic E-state index is -4.64. The monoisotopic (exact) mass is 876 g/mol. The molecule has 1 atom stereocenters. The summed E-state index contributed by atoms with van der Waals surface area (Å²) in [5, 5.41) is 23.4. The maximum Gasteiger partial charge on any atom is 0.422 e. The minimum Gasteiger partial charge on any atom is -0.497 e. The zero-order valence-electron chi connectivity index (χ0n) is 34.1. The maximum absolute atomic E-state index is 13.7. The van der Waals surface area contributed by atoms with E-state index in [1.54, 1.807) is 54.6 Å². The molecule has 1 fully saturated rings. The van der Waals surface area contributed by atoms with Crippen molar-refractivity contribution in [2.45, 2.75) is 50.6 Å². The van der Waals surface area contributed by atoms with Gasteiger partial charge in [0.1, 0.15) is 11.5 Å². The number of benzene rings is 4. The summed E-state index contributed by atoms with van der Waals surface area (Å²) in [5.74, 6) is -1.71. The molecule has 1 saturated carbocycles. The van der Waals surface area contributed by atoms with Crippen molar-refractivity contribution >= 4 is 52.6 Å². The Bertz CT molecular complexity index is 2380. The number of methoxy groups -OCH3 is 2. The molecule has 62 heavy (non-hydrogen) atoms. The van der Waals surface area contributed by atoms with Gasteiger partial charge in [-0.15, -0.1) is 0 Å². The summed E-state index contributed by atoms with van der Waals surface area (Å²) in [5.41, 5.74) is 1.05. The minimum absolute atomic E-state index is 0.0227. The number of anilines is 4. The molecule has 1 aliphatic carbocycles. The Morgan fingerprint density at radius 2 is 1.53 bits per heavy atom. The van der Waals surface area contributed by atoms with Gasteiger partial charge in [0, 0.05) is 46.7 Å². The quantitative estimate of drug-likeness (QED) is 0.0617. The summed E-state index contributed by atoms with van der Waals surface area (Å²) in [6, 6.07) is 24.4. The van der Waals surface area contributed by atoms with E-state index in [1.807, 2.05) is 19.1 Å².